The van der Waals surface area contributed by atoms with Crippen molar-refractivity contribution in [2.24, 2.45) is 0 Å². The van der Waals surface area contributed by atoms with Crippen molar-refractivity contribution in [3.8, 4) is 22.3 Å². The molecule has 0 aliphatic carbocycles. The van der Waals surface area contributed by atoms with Crippen LogP contribution in [-0.2, 0) is 0 Å². The Morgan fingerprint density at radius 1 is 0.357 bits per heavy atom. The first-order valence-corrected chi connectivity index (χ1v) is 16.0. The monoisotopic (exact) mass is 601 g/mol. The van der Waals surface area contributed by atoms with Crippen LogP contribution in [0.2, 0.25) is 0 Å². The summed E-state index contributed by atoms with van der Waals surface area (Å²) in [5.74, 6) is 0. The first-order valence-electron chi connectivity index (χ1n) is 14.3. The number of rotatable bonds is 5. The topological polar surface area (TPSA) is 3.24 Å². The van der Waals surface area contributed by atoms with Gasteiger partial charge in [0.1, 0.15) is 0 Å². The summed E-state index contributed by atoms with van der Waals surface area (Å²) in [6, 6.07) is 59.5. The fourth-order valence-corrected chi connectivity index (χ4v) is 8.57. The van der Waals surface area contributed by atoms with Gasteiger partial charge in [0.05, 0.1) is 0 Å². The number of hydrogen-bond donors (Lipinski definition) is 0. The van der Waals surface area contributed by atoms with Crippen molar-refractivity contribution in [3.63, 3.8) is 0 Å². The molecule has 42 heavy (non-hydrogen) atoms. The van der Waals surface area contributed by atoms with E-state index >= 15 is 0 Å². The van der Waals surface area contributed by atoms with Crippen LogP contribution in [0.4, 0.5) is 17.1 Å². The van der Waals surface area contributed by atoms with E-state index in [9.17, 15) is 0 Å². The van der Waals surface area contributed by atoms with Crippen molar-refractivity contribution in [1.29, 1.82) is 0 Å². The first kappa shape index (κ1) is 24.9. The molecule has 0 radical (unpaired) electrons. The molecule has 0 saturated heterocycles. The SMILES string of the molecule is c1ccc(-c2ccc(N(c3ccc(-c4ccccc4)cc3)c3cc4c5ccccc5[se]c4c4ccccc34)cc2)cc1. The van der Waals surface area contributed by atoms with Gasteiger partial charge in [-0.2, -0.15) is 0 Å². The molecule has 0 atom stereocenters. The van der Waals surface area contributed by atoms with Gasteiger partial charge in [0.25, 0.3) is 0 Å². The minimum absolute atomic E-state index is 0.295. The van der Waals surface area contributed by atoms with Crippen molar-refractivity contribution in [3.05, 3.63) is 164 Å². The standard InChI is InChI=1S/C40H27NSe/c1-3-11-28(12-4-1)30-19-23-32(24-20-30)41(33-25-21-31(22-26-33)29-13-5-2-6-14-29)38-27-37-35-16-9-10-18-39(35)42-40(37)36-17-8-7-15-34(36)38/h1-27H. The third-order valence-electron chi connectivity index (χ3n) is 8.07. The normalized spacial score (nSPS) is 11.3. The van der Waals surface area contributed by atoms with E-state index in [-0.39, 0.29) is 0 Å². The molecule has 0 amide bonds. The average molecular weight is 601 g/mol. The molecule has 0 bridgehead atoms. The van der Waals surface area contributed by atoms with Gasteiger partial charge in [0.2, 0.25) is 0 Å². The molecule has 0 N–H and O–H groups in total. The molecule has 0 fully saturated rings. The molecule has 1 heterocycles. The quantitative estimate of drug-likeness (QED) is 0.178. The molecule has 0 aliphatic rings. The van der Waals surface area contributed by atoms with Crippen LogP contribution >= 0.6 is 0 Å². The summed E-state index contributed by atoms with van der Waals surface area (Å²) < 4.78 is 2.95. The third kappa shape index (κ3) is 4.33. The summed E-state index contributed by atoms with van der Waals surface area (Å²) in [7, 11) is 0. The molecule has 2 heteroatoms. The molecule has 0 spiro atoms. The number of hydrogen-bond acceptors (Lipinski definition) is 1. The van der Waals surface area contributed by atoms with Crippen molar-refractivity contribution in [1.82, 2.24) is 0 Å². The van der Waals surface area contributed by atoms with Crippen LogP contribution < -0.4 is 4.90 Å². The zero-order valence-electron chi connectivity index (χ0n) is 22.9. The zero-order valence-corrected chi connectivity index (χ0v) is 24.7. The van der Waals surface area contributed by atoms with Gasteiger partial charge in [0.15, 0.2) is 0 Å². The second kappa shape index (κ2) is 10.5. The Labute approximate surface area is 251 Å². The predicted molar refractivity (Wildman–Crippen MR) is 181 cm³/mol. The predicted octanol–water partition coefficient (Wildman–Crippen LogP) is 11.0. The molecule has 0 aliphatic heterocycles. The van der Waals surface area contributed by atoms with Crippen LogP contribution in [0.1, 0.15) is 0 Å². The average Bonchev–Trinajstić information content (AvgIpc) is 3.45. The van der Waals surface area contributed by atoms with Gasteiger partial charge in [0, 0.05) is 0 Å². The van der Waals surface area contributed by atoms with E-state index in [0.29, 0.717) is 14.5 Å². The molecule has 1 nitrogen and oxygen atoms in total. The number of nitrogens with zero attached hydrogens (tertiary/aromatic N) is 1. The Hall–Kier alpha value is -4.88. The molecule has 1 aromatic heterocycles. The molecular weight excluding hydrogens is 573 g/mol. The molecule has 7 aromatic carbocycles. The molecular formula is C40H27NSe. The van der Waals surface area contributed by atoms with Crippen molar-refractivity contribution in [2.75, 3.05) is 4.90 Å². The Morgan fingerprint density at radius 2 is 0.810 bits per heavy atom. The molecule has 8 aromatic rings. The molecule has 0 unspecified atom stereocenters. The Kier molecular flexibility index (Phi) is 6.22. The van der Waals surface area contributed by atoms with E-state index in [0.717, 1.165) is 11.4 Å². The summed E-state index contributed by atoms with van der Waals surface area (Å²) in [5, 5.41) is 5.38. The van der Waals surface area contributed by atoms with E-state index in [1.165, 1.54) is 58.0 Å². The Morgan fingerprint density at radius 3 is 1.38 bits per heavy atom. The summed E-state index contributed by atoms with van der Waals surface area (Å²) in [5.41, 5.74) is 8.38. The van der Waals surface area contributed by atoms with Gasteiger partial charge in [-0.25, -0.2) is 0 Å². The van der Waals surface area contributed by atoms with Gasteiger partial charge >= 0.3 is 240 Å². The van der Waals surface area contributed by atoms with E-state index in [4.69, 9.17) is 0 Å². The molecule has 0 saturated carbocycles. The van der Waals surface area contributed by atoms with E-state index in [1.54, 1.807) is 0 Å². The fraction of sp³-hybridized carbons (Fsp3) is 0. The number of anilines is 3. The zero-order chi connectivity index (χ0) is 27.9. The molecule has 198 valence electrons. The third-order valence-corrected chi connectivity index (χ3v) is 10.6. The summed E-state index contributed by atoms with van der Waals surface area (Å²) in [6.07, 6.45) is 0. The van der Waals surface area contributed by atoms with E-state index in [2.05, 4.69) is 169 Å². The second-order valence-electron chi connectivity index (χ2n) is 10.6. The number of benzene rings is 7. The molecule has 8 rings (SSSR count). The fourth-order valence-electron chi connectivity index (χ4n) is 6.01. The van der Waals surface area contributed by atoms with E-state index in [1.807, 2.05) is 0 Å². The van der Waals surface area contributed by atoms with Gasteiger partial charge in [-0.05, 0) is 0 Å². The summed E-state index contributed by atoms with van der Waals surface area (Å²) in [6.45, 7) is 0. The Balaban J connectivity index is 1.35. The van der Waals surface area contributed by atoms with Crippen molar-refractivity contribution < 1.29 is 0 Å². The van der Waals surface area contributed by atoms with Crippen LogP contribution in [0.15, 0.2) is 164 Å². The van der Waals surface area contributed by atoms with Crippen LogP contribution in [0.5, 0.6) is 0 Å². The van der Waals surface area contributed by atoms with Crippen molar-refractivity contribution >= 4 is 61.6 Å². The van der Waals surface area contributed by atoms with Gasteiger partial charge < -0.3 is 0 Å². The summed E-state index contributed by atoms with van der Waals surface area (Å²) in [4.78, 5) is 2.43. The minimum atomic E-state index is 0.295. The summed E-state index contributed by atoms with van der Waals surface area (Å²) >= 11 is 0.295. The first-order chi connectivity index (χ1) is 20.8. The van der Waals surface area contributed by atoms with Gasteiger partial charge in [-0.3, -0.25) is 0 Å². The maximum atomic E-state index is 2.43. The number of fused-ring (bicyclic) bond motifs is 5. The van der Waals surface area contributed by atoms with Crippen LogP contribution in [0.3, 0.4) is 0 Å². The maximum absolute atomic E-state index is 2.43. The van der Waals surface area contributed by atoms with Gasteiger partial charge in [-0.15, -0.1) is 0 Å². The van der Waals surface area contributed by atoms with E-state index < -0.39 is 0 Å². The van der Waals surface area contributed by atoms with Crippen molar-refractivity contribution in [2.45, 2.75) is 0 Å². The van der Waals surface area contributed by atoms with Gasteiger partial charge in [-0.1, -0.05) is 12.1 Å². The van der Waals surface area contributed by atoms with Crippen LogP contribution in [-0.4, -0.2) is 14.5 Å². The second-order valence-corrected chi connectivity index (χ2v) is 12.8. The van der Waals surface area contributed by atoms with Crippen LogP contribution in [0.25, 0.3) is 52.3 Å². The Bertz CT molecular complexity index is 2080. The van der Waals surface area contributed by atoms with Crippen LogP contribution in [0, 0.1) is 0 Å².